The topological polar surface area (TPSA) is 29.5 Å². The Kier molecular flexibility index (Phi) is 7.89. The van der Waals surface area contributed by atoms with Gasteiger partial charge in [-0.1, -0.05) is 91.0 Å². The lowest BCUT2D eigenvalue weighted by Crippen LogP contribution is -2.48. The lowest BCUT2D eigenvalue weighted by molar-refractivity contribution is -0.138. The SMILES string of the molecule is CC(C)(OCc1ccccc1)[C@H]1C[C@H](CSCc2ccccc2)C(=O)N1Cc1ccccc1. The van der Waals surface area contributed by atoms with Crippen LogP contribution in [0.25, 0.3) is 0 Å². The molecule has 1 aliphatic heterocycles. The first-order valence-corrected chi connectivity index (χ1v) is 12.8. The molecule has 3 aromatic carbocycles. The summed E-state index contributed by atoms with van der Waals surface area (Å²) < 4.78 is 6.44. The summed E-state index contributed by atoms with van der Waals surface area (Å²) in [6.45, 7) is 5.43. The molecule has 1 fully saturated rings. The molecule has 0 N–H and O–H groups in total. The third kappa shape index (κ3) is 6.27. The minimum absolute atomic E-state index is 0.0204. The van der Waals surface area contributed by atoms with Gasteiger partial charge < -0.3 is 9.64 Å². The molecule has 2 atom stereocenters. The number of benzene rings is 3. The molecule has 0 saturated carbocycles. The molecule has 3 aromatic rings. The number of hydrogen-bond donors (Lipinski definition) is 0. The Morgan fingerprint density at radius 1 is 0.848 bits per heavy atom. The van der Waals surface area contributed by atoms with Gasteiger partial charge in [-0.15, -0.1) is 0 Å². The highest BCUT2D eigenvalue weighted by molar-refractivity contribution is 7.98. The summed E-state index contributed by atoms with van der Waals surface area (Å²) in [6, 6.07) is 31.1. The number of carbonyl (C=O) groups is 1. The first-order valence-electron chi connectivity index (χ1n) is 11.7. The second-order valence-corrected chi connectivity index (χ2v) is 10.3. The van der Waals surface area contributed by atoms with Crippen molar-refractivity contribution in [3.8, 4) is 0 Å². The number of carbonyl (C=O) groups excluding carboxylic acids is 1. The normalized spacial score (nSPS) is 18.6. The molecule has 0 bridgehead atoms. The van der Waals surface area contributed by atoms with Gasteiger partial charge in [0.2, 0.25) is 5.91 Å². The molecular weight excluding hydrogens is 426 g/mol. The summed E-state index contributed by atoms with van der Waals surface area (Å²) in [6.07, 6.45) is 0.829. The lowest BCUT2D eigenvalue weighted by Gasteiger charge is -2.38. The van der Waals surface area contributed by atoms with Crippen molar-refractivity contribution in [3.63, 3.8) is 0 Å². The van der Waals surface area contributed by atoms with Crippen molar-refractivity contribution >= 4 is 17.7 Å². The van der Waals surface area contributed by atoms with Crippen LogP contribution in [0.2, 0.25) is 0 Å². The minimum Gasteiger partial charge on any atom is -0.369 e. The third-order valence-electron chi connectivity index (χ3n) is 6.40. The monoisotopic (exact) mass is 459 g/mol. The number of likely N-dealkylation sites (tertiary alicyclic amines) is 1. The predicted octanol–water partition coefficient (Wildman–Crippen LogP) is 6.33. The molecule has 0 radical (unpaired) electrons. The fraction of sp³-hybridized carbons (Fsp3) is 0.345. The number of thioether (sulfide) groups is 1. The molecule has 3 nitrogen and oxygen atoms in total. The van der Waals surface area contributed by atoms with Crippen molar-refractivity contribution < 1.29 is 9.53 Å². The molecule has 172 valence electrons. The summed E-state index contributed by atoms with van der Waals surface area (Å²) >= 11 is 1.85. The molecule has 1 saturated heterocycles. The smallest absolute Gasteiger partial charge is 0.227 e. The maximum absolute atomic E-state index is 13.5. The zero-order valence-corrected chi connectivity index (χ0v) is 20.3. The summed E-state index contributed by atoms with van der Waals surface area (Å²) in [5.74, 6) is 2.04. The molecule has 0 spiro atoms. The zero-order valence-electron chi connectivity index (χ0n) is 19.5. The Hall–Kier alpha value is -2.56. The highest BCUT2D eigenvalue weighted by Crippen LogP contribution is 2.37. The maximum atomic E-state index is 13.5. The number of rotatable bonds is 10. The summed E-state index contributed by atoms with van der Waals surface area (Å²) in [5, 5.41) is 0. The largest absolute Gasteiger partial charge is 0.369 e. The Bertz CT molecular complexity index is 1010. The number of nitrogens with zero attached hydrogens (tertiary/aromatic N) is 1. The van der Waals surface area contributed by atoms with Gasteiger partial charge in [0.25, 0.3) is 0 Å². The van der Waals surface area contributed by atoms with Crippen LogP contribution in [0, 0.1) is 5.92 Å². The second-order valence-electron chi connectivity index (χ2n) is 9.28. The molecule has 1 amide bonds. The molecule has 0 unspecified atom stereocenters. The molecule has 4 rings (SSSR count). The van der Waals surface area contributed by atoms with Crippen LogP contribution in [0.4, 0.5) is 0 Å². The molecule has 1 heterocycles. The van der Waals surface area contributed by atoms with E-state index in [4.69, 9.17) is 4.74 Å². The van der Waals surface area contributed by atoms with Crippen LogP contribution >= 0.6 is 11.8 Å². The average molecular weight is 460 g/mol. The van der Waals surface area contributed by atoms with Crippen LogP contribution in [-0.4, -0.2) is 28.2 Å². The van der Waals surface area contributed by atoms with Gasteiger partial charge in [-0.05, 0) is 37.0 Å². The van der Waals surface area contributed by atoms with Crippen molar-refractivity contribution in [1.29, 1.82) is 0 Å². The van der Waals surface area contributed by atoms with Crippen LogP contribution in [0.15, 0.2) is 91.0 Å². The van der Waals surface area contributed by atoms with E-state index in [9.17, 15) is 4.79 Å². The van der Waals surface area contributed by atoms with Gasteiger partial charge in [-0.3, -0.25) is 4.79 Å². The lowest BCUT2D eigenvalue weighted by atomic mass is 9.93. The first kappa shape index (κ1) is 23.6. The van der Waals surface area contributed by atoms with Crippen molar-refractivity contribution in [2.75, 3.05) is 5.75 Å². The Morgan fingerprint density at radius 2 is 1.39 bits per heavy atom. The van der Waals surface area contributed by atoms with Crippen LogP contribution < -0.4 is 0 Å². The molecule has 0 aliphatic carbocycles. The maximum Gasteiger partial charge on any atom is 0.227 e. The van der Waals surface area contributed by atoms with Gasteiger partial charge >= 0.3 is 0 Å². The second kappa shape index (κ2) is 11.0. The van der Waals surface area contributed by atoms with Gasteiger partial charge in [0.05, 0.1) is 18.2 Å². The van der Waals surface area contributed by atoms with Gasteiger partial charge in [0.15, 0.2) is 0 Å². The van der Waals surface area contributed by atoms with Gasteiger partial charge in [-0.25, -0.2) is 0 Å². The Morgan fingerprint density at radius 3 is 2.00 bits per heavy atom. The molecule has 0 aromatic heterocycles. The van der Waals surface area contributed by atoms with Crippen LogP contribution in [0.1, 0.15) is 37.0 Å². The van der Waals surface area contributed by atoms with E-state index in [1.807, 2.05) is 54.2 Å². The number of ether oxygens (including phenoxy) is 1. The number of amides is 1. The van der Waals surface area contributed by atoms with Crippen molar-refractivity contribution in [3.05, 3.63) is 108 Å². The van der Waals surface area contributed by atoms with E-state index in [2.05, 4.69) is 67.3 Å². The van der Waals surface area contributed by atoms with Crippen LogP contribution in [0.5, 0.6) is 0 Å². The van der Waals surface area contributed by atoms with Gasteiger partial charge in [-0.2, -0.15) is 11.8 Å². The standard InChI is InChI=1S/C29H33NO2S/c1-29(2,32-20-24-14-8-4-9-15-24)27-18-26(22-33-21-25-16-10-5-11-17-25)28(31)30(27)19-23-12-6-3-7-13-23/h3-17,26-27H,18-22H2,1-2H3/t26-,27-/m1/s1. The minimum atomic E-state index is -0.445. The molecule has 33 heavy (non-hydrogen) atoms. The van der Waals surface area contributed by atoms with E-state index in [1.165, 1.54) is 5.56 Å². The van der Waals surface area contributed by atoms with E-state index in [0.717, 1.165) is 29.1 Å². The Labute approximate surface area is 202 Å². The van der Waals surface area contributed by atoms with Gasteiger partial charge in [0, 0.05) is 24.0 Å². The third-order valence-corrected chi connectivity index (χ3v) is 7.57. The fourth-order valence-corrected chi connectivity index (χ4v) is 5.59. The van der Waals surface area contributed by atoms with Crippen molar-refractivity contribution in [2.24, 2.45) is 5.92 Å². The van der Waals surface area contributed by atoms with E-state index in [0.29, 0.717) is 13.2 Å². The van der Waals surface area contributed by atoms with Crippen molar-refractivity contribution in [2.45, 2.75) is 50.8 Å². The predicted molar refractivity (Wildman–Crippen MR) is 137 cm³/mol. The van der Waals surface area contributed by atoms with Crippen LogP contribution in [-0.2, 0) is 28.4 Å². The highest BCUT2D eigenvalue weighted by atomic mass is 32.2. The van der Waals surface area contributed by atoms with E-state index >= 15 is 0 Å². The molecule has 4 heteroatoms. The van der Waals surface area contributed by atoms with E-state index in [-0.39, 0.29) is 17.9 Å². The summed E-state index contributed by atoms with van der Waals surface area (Å²) in [7, 11) is 0. The van der Waals surface area contributed by atoms with E-state index in [1.54, 1.807) is 0 Å². The average Bonchev–Trinajstić information content (AvgIpc) is 3.16. The highest BCUT2D eigenvalue weighted by Gasteiger charge is 2.47. The van der Waals surface area contributed by atoms with Crippen molar-refractivity contribution in [1.82, 2.24) is 4.90 Å². The molecular formula is C29H33NO2S. The van der Waals surface area contributed by atoms with E-state index < -0.39 is 5.60 Å². The fourth-order valence-electron chi connectivity index (χ4n) is 4.49. The zero-order chi connectivity index (χ0) is 23.1. The van der Waals surface area contributed by atoms with Crippen LogP contribution in [0.3, 0.4) is 0 Å². The number of hydrogen-bond acceptors (Lipinski definition) is 3. The summed E-state index contributed by atoms with van der Waals surface area (Å²) in [4.78, 5) is 15.6. The van der Waals surface area contributed by atoms with Gasteiger partial charge in [0.1, 0.15) is 0 Å². The Balaban J connectivity index is 1.46. The quantitative estimate of drug-likeness (QED) is 0.355. The first-order chi connectivity index (χ1) is 16.0. The summed E-state index contributed by atoms with van der Waals surface area (Å²) in [5.41, 5.74) is 3.17. The molecule has 1 aliphatic rings.